The number of benzene rings is 1. The summed E-state index contributed by atoms with van der Waals surface area (Å²) < 4.78 is 10.5. The largest absolute Gasteiger partial charge is 0.495 e. The minimum absolute atomic E-state index is 0.506. The molecule has 1 aromatic carbocycles. The Morgan fingerprint density at radius 1 is 1.21 bits per heavy atom. The third-order valence-corrected chi connectivity index (χ3v) is 2.87. The van der Waals surface area contributed by atoms with Gasteiger partial charge in [0, 0.05) is 18.3 Å². The minimum atomic E-state index is 0.506. The fourth-order valence-electron chi connectivity index (χ4n) is 1.61. The predicted octanol–water partition coefficient (Wildman–Crippen LogP) is 2.76. The highest BCUT2D eigenvalue weighted by molar-refractivity contribution is 6.32. The highest BCUT2D eigenvalue weighted by Crippen LogP contribution is 2.35. The Balaban J connectivity index is 2.19. The summed E-state index contributed by atoms with van der Waals surface area (Å²) in [4.78, 5) is 8.01. The van der Waals surface area contributed by atoms with Crippen LogP contribution in [-0.2, 0) is 6.54 Å². The molecule has 2 rings (SSSR count). The van der Waals surface area contributed by atoms with E-state index >= 15 is 0 Å². The van der Waals surface area contributed by atoms with Crippen molar-refractivity contribution in [2.75, 3.05) is 19.5 Å². The quantitative estimate of drug-likeness (QED) is 0.912. The fraction of sp³-hybridized carbons (Fsp3) is 0.231. The van der Waals surface area contributed by atoms with Crippen LogP contribution in [0, 0.1) is 0 Å². The van der Waals surface area contributed by atoms with Crippen molar-refractivity contribution in [3.05, 3.63) is 41.4 Å². The van der Waals surface area contributed by atoms with Crippen LogP contribution in [0.3, 0.4) is 0 Å². The van der Waals surface area contributed by atoms with Gasteiger partial charge in [-0.05, 0) is 6.07 Å². The van der Waals surface area contributed by atoms with Gasteiger partial charge in [0.25, 0.3) is 0 Å². The van der Waals surface area contributed by atoms with Gasteiger partial charge in [-0.1, -0.05) is 11.6 Å². The number of nitrogens with one attached hydrogen (secondary N) is 1. The highest BCUT2D eigenvalue weighted by atomic mass is 35.5. The van der Waals surface area contributed by atoms with Crippen LogP contribution in [0.4, 0.5) is 5.69 Å². The van der Waals surface area contributed by atoms with Gasteiger partial charge in [-0.25, -0.2) is 9.97 Å². The van der Waals surface area contributed by atoms with Crippen LogP contribution in [0.5, 0.6) is 11.5 Å². The number of hydrogen-bond donors (Lipinski definition) is 1. The van der Waals surface area contributed by atoms with Gasteiger partial charge in [0.1, 0.15) is 17.8 Å². The molecule has 0 spiro atoms. The Bertz CT molecular complexity index is 549. The first kappa shape index (κ1) is 13.4. The van der Waals surface area contributed by atoms with E-state index in [0.717, 1.165) is 11.4 Å². The molecule has 0 bridgehead atoms. The molecule has 1 heterocycles. The van der Waals surface area contributed by atoms with Gasteiger partial charge in [0.15, 0.2) is 0 Å². The molecule has 2 aromatic rings. The van der Waals surface area contributed by atoms with E-state index < -0.39 is 0 Å². The second kappa shape index (κ2) is 6.24. The maximum Gasteiger partial charge on any atom is 0.143 e. The van der Waals surface area contributed by atoms with E-state index in [1.165, 1.54) is 6.33 Å². The van der Waals surface area contributed by atoms with E-state index in [2.05, 4.69) is 15.3 Å². The highest BCUT2D eigenvalue weighted by Gasteiger charge is 2.09. The van der Waals surface area contributed by atoms with Crippen molar-refractivity contribution < 1.29 is 9.47 Å². The Kier molecular flexibility index (Phi) is 4.41. The molecule has 0 amide bonds. The number of nitrogens with zero attached hydrogens (tertiary/aromatic N) is 2. The van der Waals surface area contributed by atoms with E-state index in [1.54, 1.807) is 32.5 Å². The number of anilines is 1. The van der Waals surface area contributed by atoms with Crippen LogP contribution in [0.25, 0.3) is 0 Å². The molecule has 0 saturated carbocycles. The fourth-order valence-corrected chi connectivity index (χ4v) is 1.84. The number of halogens is 1. The molecule has 0 unspecified atom stereocenters. The smallest absolute Gasteiger partial charge is 0.143 e. The molecule has 0 aliphatic carbocycles. The Morgan fingerprint density at radius 2 is 2.00 bits per heavy atom. The number of ether oxygens (including phenoxy) is 2. The summed E-state index contributed by atoms with van der Waals surface area (Å²) in [5.41, 5.74) is 1.67. The number of rotatable bonds is 5. The maximum absolute atomic E-state index is 6.04. The molecule has 1 aromatic heterocycles. The van der Waals surface area contributed by atoms with E-state index in [4.69, 9.17) is 21.1 Å². The normalized spacial score (nSPS) is 10.1. The first-order chi connectivity index (χ1) is 9.24. The van der Waals surface area contributed by atoms with E-state index in [-0.39, 0.29) is 0 Å². The molecule has 0 aliphatic heterocycles. The molecule has 5 nitrogen and oxygen atoms in total. The third-order valence-electron chi connectivity index (χ3n) is 2.58. The second-order valence-electron chi connectivity index (χ2n) is 3.74. The third kappa shape index (κ3) is 3.26. The predicted molar refractivity (Wildman–Crippen MR) is 73.9 cm³/mol. The van der Waals surface area contributed by atoms with Gasteiger partial charge in [0.05, 0.1) is 37.2 Å². The van der Waals surface area contributed by atoms with Gasteiger partial charge in [-0.15, -0.1) is 0 Å². The standard InChI is InChI=1S/C13H14ClN3O2/c1-18-12-6-11(13(19-2)5-10(12)14)16-7-9-3-4-15-8-17-9/h3-6,8,16H,7H2,1-2H3. The SMILES string of the molecule is COc1cc(NCc2ccncn2)c(OC)cc1Cl. The van der Waals surface area contributed by atoms with Crippen molar-refractivity contribution >= 4 is 17.3 Å². The average molecular weight is 280 g/mol. The van der Waals surface area contributed by atoms with Crippen molar-refractivity contribution in [2.24, 2.45) is 0 Å². The second-order valence-corrected chi connectivity index (χ2v) is 4.15. The van der Waals surface area contributed by atoms with Gasteiger partial charge in [0.2, 0.25) is 0 Å². The van der Waals surface area contributed by atoms with E-state index in [1.807, 2.05) is 6.07 Å². The molecule has 0 saturated heterocycles. The zero-order valence-electron chi connectivity index (χ0n) is 10.7. The number of aromatic nitrogens is 2. The summed E-state index contributed by atoms with van der Waals surface area (Å²) in [5, 5.41) is 3.73. The van der Waals surface area contributed by atoms with Crippen LogP contribution >= 0.6 is 11.6 Å². The summed E-state index contributed by atoms with van der Waals surface area (Å²) in [6, 6.07) is 5.34. The summed E-state index contributed by atoms with van der Waals surface area (Å²) in [6.07, 6.45) is 3.21. The summed E-state index contributed by atoms with van der Waals surface area (Å²) in [7, 11) is 3.16. The summed E-state index contributed by atoms with van der Waals surface area (Å²) >= 11 is 6.04. The van der Waals surface area contributed by atoms with Crippen LogP contribution in [0.15, 0.2) is 30.7 Å². The average Bonchev–Trinajstić information content (AvgIpc) is 2.46. The van der Waals surface area contributed by atoms with Crippen molar-refractivity contribution in [1.29, 1.82) is 0 Å². The molecular weight excluding hydrogens is 266 g/mol. The van der Waals surface area contributed by atoms with Crippen LogP contribution < -0.4 is 14.8 Å². The van der Waals surface area contributed by atoms with Crippen molar-refractivity contribution in [3.8, 4) is 11.5 Å². The van der Waals surface area contributed by atoms with Crippen LogP contribution in [0.2, 0.25) is 5.02 Å². The molecule has 100 valence electrons. The van der Waals surface area contributed by atoms with Crippen LogP contribution in [-0.4, -0.2) is 24.2 Å². The molecular formula is C13H14ClN3O2. The maximum atomic E-state index is 6.04. The van der Waals surface area contributed by atoms with Crippen molar-refractivity contribution in [3.63, 3.8) is 0 Å². The van der Waals surface area contributed by atoms with Gasteiger partial charge < -0.3 is 14.8 Å². The van der Waals surface area contributed by atoms with Crippen molar-refractivity contribution in [2.45, 2.75) is 6.54 Å². The molecule has 0 fully saturated rings. The van der Waals surface area contributed by atoms with E-state index in [9.17, 15) is 0 Å². The van der Waals surface area contributed by atoms with Gasteiger partial charge in [-0.3, -0.25) is 0 Å². The molecule has 0 atom stereocenters. The zero-order chi connectivity index (χ0) is 13.7. The molecule has 0 radical (unpaired) electrons. The first-order valence-corrected chi connectivity index (χ1v) is 6.02. The molecule has 0 aliphatic rings. The Labute approximate surface area is 116 Å². The lowest BCUT2D eigenvalue weighted by molar-refractivity contribution is 0.404. The molecule has 19 heavy (non-hydrogen) atoms. The van der Waals surface area contributed by atoms with Gasteiger partial charge >= 0.3 is 0 Å². The molecule has 1 N–H and O–H groups in total. The van der Waals surface area contributed by atoms with Crippen LogP contribution in [0.1, 0.15) is 5.69 Å². The topological polar surface area (TPSA) is 56.3 Å². The first-order valence-electron chi connectivity index (χ1n) is 5.65. The lowest BCUT2D eigenvalue weighted by atomic mass is 10.2. The monoisotopic (exact) mass is 279 g/mol. The van der Waals surface area contributed by atoms with Gasteiger partial charge in [-0.2, -0.15) is 0 Å². The minimum Gasteiger partial charge on any atom is -0.495 e. The summed E-state index contributed by atoms with van der Waals surface area (Å²) in [5.74, 6) is 1.24. The van der Waals surface area contributed by atoms with Crippen molar-refractivity contribution in [1.82, 2.24) is 9.97 Å². The molecule has 6 heteroatoms. The Morgan fingerprint density at radius 3 is 2.63 bits per heavy atom. The summed E-state index contributed by atoms with van der Waals surface area (Å²) in [6.45, 7) is 0.559. The number of methoxy groups -OCH3 is 2. The lowest BCUT2D eigenvalue weighted by Gasteiger charge is -2.13. The van der Waals surface area contributed by atoms with E-state index in [0.29, 0.717) is 23.1 Å². The Hall–Kier alpha value is -2.01. The lowest BCUT2D eigenvalue weighted by Crippen LogP contribution is -2.03. The zero-order valence-corrected chi connectivity index (χ0v) is 11.4. The number of hydrogen-bond acceptors (Lipinski definition) is 5.